The smallest absolute Gasteiger partial charge is 0.406 e. The van der Waals surface area contributed by atoms with Gasteiger partial charge in [-0.1, -0.05) is 12.1 Å². The molecule has 2 heterocycles. The molecule has 0 aliphatic rings. The maximum atomic E-state index is 13.9. The van der Waals surface area contributed by atoms with Gasteiger partial charge in [0.25, 0.3) is 5.56 Å². The van der Waals surface area contributed by atoms with Crippen LogP contribution in [0.2, 0.25) is 0 Å². The standard InChI is InChI=1S/C23H17F4N3O3/c1-13(11-31)30-12-28-21-18(22(30)32)10-19(29-20(21)15-3-2-4-16(24)9-15)14-5-7-17(8-6-14)33-23(25,26)27/h2-10,12-13,31H,11H2,1H3/t13-/m0/s1. The minimum absolute atomic E-state index is 0.165. The van der Waals surface area contributed by atoms with E-state index >= 15 is 0 Å². The van der Waals surface area contributed by atoms with Crippen LogP contribution in [0.25, 0.3) is 33.4 Å². The second-order valence-corrected chi connectivity index (χ2v) is 7.32. The molecular weight excluding hydrogens is 442 g/mol. The van der Waals surface area contributed by atoms with Gasteiger partial charge in [-0.15, -0.1) is 13.2 Å². The predicted octanol–water partition coefficient (Wildman–Crippen LogP) is 4.72. The number of nitrogens with zero attached hydrogens (tertiary/aromatic N) is 3. The molecule has 0 saturated carbocycles. The molecule has 33 heavy (non-hydrogen) atoms. The molecule has 170 valence electrons. The third kappa shape index (κ3) is 4.70. The lowest BCUT2D eigenvalue weighted by Crippen LogP contribution is -2.25. The van der Waals surface area contributed by atoms with E-state index in [0.717, 1.165) is 12.1 Å². The van der Waals surface area contributed by atoms with Crippen molar-refractivity contribution in [3.63, 3.8) is 0 Å². The van der Waals surface area contributed by atoms with Crippen molar-refractivity contribution in [3.05, 3.63) is 77.1 Å². The average molecular weight is 459 g/mol. The topological polar surface area (TPSA) is 77.2 Å². The van der Waals surface area contributed by atoms with Crippen LogP contribution in [0.15, 0.2) is 65.7 Å². The molecule has 0 radical (unpaired) electrons. The van der Waals surface area contributed by atoms with E-state index in [1.165, 1.54) is 47.3 Å². The maximum absolute atomic E-state index is 13.9. The van der Waals surface area contributed by atoms with Crippen LogP contribution in [0.3, 0.4) is 0 Å². The van der Waals surface area contributed by atoms with Gasteiger partial charge in [0.15, 0.2) is 0 Å². The van der Waals surface area contributed by atoms with Crippen molar-refractivity contribution >= 4 is 10.9 Å². The number of benzene rings is 2. The molecule has 1 atom stereocenters. The number of aliphatic hydroxyl groups excluding tert-OH is 1. The van der Waals surface area contributed by atoms with Gasteiger partial charge in [-0.25, -0.2) is 14.4 Å². The van der Waals surface area contributed by atoms with E-state index in [0.29, 0.717) is 11.1 Å². The Morgan fingerprint density at radius 2 is 1.82 bits per heavy atom. The Morgan fingerprint density at radius 3 is 2.45 bits per heavy atom. The van der Waals surface area contributed by atoms with E-state index in [1.807, 2.05) is 0 Å². The molecule has 6 nitrogen and oxygen atoms in total. The number of hydrogen-bond donors (Lipinski definition) is 1. The van der Waals surface area contributed by atoms with E-state index in [1.54, 1.807) is 13.0 Å². The fourth-order valence-electron chi connectivity index (χ4n) is 3.36. The molecule has 0 amide bonds. The molecule has 4 rings (SSSR count). The molecule has 0 aliphatic carbocycles. The van der Waals surface area contributed by atoms with Gasteiger partial charge in [-0.05, 0) is 49.4 Å². The second kappa shape index (κ2) is 8.62. The largest absolute Gasteiger partial charge is 0.573 e. The van der Waals surface area contributed by atoms with E-state index in [9.17, 15) is 27.5 Å². The summed E-state index contributed by atoms with van der Waals surface area (Å²) >= 11 is 0. The van der Waals surface area contributed by atoms with E-state index in [2.05, 4.69) is 14.7 Å². The summed E-state index contributed by atoms with van der Waals surface area (Å²) in [5.41, 5.74) is 1.08. The molecule has 0 spiro atoms. The zero-order valence-corrected chi connectivity index (χ0v) is 17.2. The highest BCUT2D eigenvalue weighted by molar-refractivity contribution is 5.93. The molecule has 10 heteroatoms. The van der Waals surface area contributed by atoms with Gasteiger partial charge >= 0.3 is 6.36 Å². The quantitative estimate of drug-likeness (QED) is 0.437. The maximum Gasteiger partial charge on any atom is 0.573 e. The van der Waals surface area contributed by atoms with Gasteiger partial charge in [0.1, 0.15) is 17.1 Å². The zero-order valence-electron chi connectivity index (χ0n) is 17.2. The van der Waals surface area contributed by atoms with Crippen LogP contribution < -0.4 is 10.3 Å². The highest BCUT2D eigenvalue weighted by Crippen LogP contribution is 2.31. The summed E-state index contributed by atoms with van der Waals surface area (Å²) in [6, 6.07) is 11.5. The van der Waals surface area contributed by atoms with Crippen LogP contribution in [-0.2, 0) is 0 Å². The number of aliphatic hydroxyl groups is 1. The van der Waals surface area contributed by atoms with Crippen LogP contribution in [0.1, 0.15) is 13.0 Å². The molecule has 0 fully saturated rings. The monoisotopic (exact) mass is 459 g/mol. The van der Waals surface area contributed by atoms with Crippen molar-refractivity contribution in [2.75, 3.05) is 6.61 Å². The number of alkyl halides is 3. The van der Waals surface area contributed by atoms with Gasteiger partial charge in [0.05, 0.1) is 35.8 Å². The van der Waals surface area contributed by atoms with Crippen molar-refractivity contribution in [1.82, 2.24) is 14.5 Å². The number of ether oxygens (including phenoxy) is 1. The molecule has 2 aromatic carbocycles. The highest BCUT2D eigenvalue weighted by Gasteiger charge is 2.31. The molecule has 0 unspecified atom stereocenters. The van der Waals surface area contributed by atoms with Crippen LogP contribution in [0.5, 0.6) is 5.75 Å². The lowest BCUT2D eigenvalue weighted by atomic mass is 10.0. The van der Waals surface area contributed by atoms with Crippen molar-refractivity contribution in [3.8, 4) is 28.3 Å². The zero-order chi connectivity index (χ0) is 23.8. The van der Waals surface area contributed by atoms with Gasteiger partial charge in [-0.2, -0.15) is 0 Å². The summed E-state index contributed by atoms with van der Waals surface area (Å²) < 4.78 is 56.4. The first-order valence-electron chi connectivity index (χ1n) is 9.81. The molecule has 1 N–H and O–H groups in total. The summed E-state index contributed by atoms with van der Waals surface area (Å²) in [4.78, 5) is 22.0. The Bertz CT molecular complexity index is 1370. The van der Waals surface area contributed by atoms with Gasteiger partial charge in [-0.3, -0.25) is 9.36 Å². The minimum Gasteiger partial charge on any atom is -0.406 e. The second-order valence-electron chi connectivity index (χ2n) is 7.32. The number of aromatic nitrogens is 3. The lowest BCUT2D eigenvalue weighted by Gasteiger charge is -2.15. The van der Waals surface area contributed by atoms with E-state index < -0.39 is 29.5 Å². The summed E-state index contributed by atoms with van der Waals surface area (Å²) in [7, 11) is 0. The Morgan fingerprint density at radius 1 is 1.09 bits per heavy atom. The molecule has 0 aliphatic heterocycles. The van der Waals surface area contributed by atoms with Crippen LogP contribution in [-0.4, -0.2) is 32.6 Å². The SMILES string of the molecule is C[C@@H](CO)n1cnc2c(-c3cccc(F)c3)nc(-c3ccc(OC(F)(F)F)cc3)cc2c1=O. The van der Waals surface area contributed by atoms with Crippen molar-refractivity contribution in [2.24, 2.45) is 0 Å². The van der Waals surface area contributed by atoms with Crippen molar-refractivity contribution in [2.45, 2.75) is 19.3 Å². The first-order chi connectivity index (χ1) is 15.7. The van der Waals surface area contributed by atoms with Gasteiger partial charge in [0, 0.05) is 11.1 Å². The lowest BCUT2D eigenvalue weighted by molar-refractivity contribution is -0.274. The molecule has 0 bridgehead atoms. The molecule has 0 saturated heterocycles. The highest BCUT2D eigenvalue weighted by atomic mass is 19.4. The number of rotatable bonds is 5. The number of hydrogen-bond acceptors (Lipinski definition) is 5. The fourth-order valence-corrected chi connectivity index (χ4v) is 3.36. The minimum atomic E-state index is -4.83. The third-order valence-corrected chi connectivity index (χ3v) is 4.99. The normalized spacial score (nSPS) is 12.7. The Balaban J connectivity index is 1.93. The van der Waals surface area contributed by atoms with Crippen LogP contribution >= 0.6 is 0 Å². The fraction of sp³-hybridized carbons (Fsp3) is 0.174. The predicted molar refractivity (Wildman–Crippen MR) is 113 cm³/mol. The first-order valence-corrected chi connectivity index (χ1v) is 9.81. The van der Waals surface area contributed by atoms with Crippen molar-refractivity contribution in [1.29, 1.82) is 0 Å². The molecule has 2 aromatic heterocycles. The van der Waals surface area contributed by atoms with E-state index in [-0.39, 0.29) is 28.9 Å². The summed E-state index contributed by atoms with van der Waals surface area (Å²) in [5.74, 6) is -0.915. The van der Waals surface area contributed by atoms with Gasteiger partial charge in [0.2, 0.25) is 0 Å². The number of pyridine rings is 1. The van der Waals surface area contributed by atoms with Crippen molar-refractivity contribution < 1.29 is 27.4 Å². The van der Waals surface area contributed by atoms with Crippen LogP contribution in [0.4, 0.5) is 17.6 Å². The van der Waals surface area contributed by atoms with Gasteiger partial charge < -0.3 is 9.84 Å². The third-order valence-electron chi connectivity index (χ3n) is 4.99. The number of fused-ring (bicyclic) bond motifs is 1. The summed E-state index contributed by atoms with van der Waals surface area (Å²) in [6.07, 6.45) is -3.54. The average Bonchev–Trinajstić information content (AvgIpc) is 2.78. The first kappa shape index (κ1) is 22.4. The Labute approximate surface area is 184 Å². The Hall–Kier alpha value is -3.79. The van der Waals surface area contributed by atoms with Crippen LogP contribution in [0, 0.1) is 5.82 Å². The molecule has 4 aromatic rings. The van der Waals surface area contributed by atoms with E-state index in [4.69, 9.17) is 0 Å². The molecular formula is C23H17F4N3O3. The number of halogens is 4. The summed E-state index contributed by atoms with van der Waals surface area (Å²) in [5, 5.41) is 9.62. The summed E-state index contributed by atoms with van der Waals surface area (Å²) in [6.45, 7) is 1.35. The Kier molecular flexibility index (Phi) is 5.86.